The number of likely N-dealkylation sites (tertiary alicyclic amines) is 1. The van der Waals surface area contributed by atoms with E-state index >= 15 is 0 Å². The lowest BCUT2D eigenvalue weighted by atomic mass is 9.94. The number of carboxylic acids is 2. The molecule has 0 saturated carbocycles. The molecule has 3 atom stereocenters. The second-order valence-electron chi connectivity index (χ2n) is 8.17. The number of halogens is 6. The van der Waals surface area contributed by atoms with Crippen molar-refractivity contribution in [1.29, 1.82) is 0 Å². The number of thiophene rings is 1. The predicted octanol–water partition coefficient (Wildman–Crippen LogP) is 4.24. The minimum atomic E-state index is -5.08. The maximum Gasteiger partial charge on any atom is 0.490 e. The minimum absolute atomic E-state index is 0.373. The number of aliphatic carboxylic acids is 2. The van der Waals surface area contributed by atoms with Gasteiger partial charge in [0.1, 0.15) is 5.75 Å². The standard InChI is InChI=1S/C18H22N2O2S.2C2HF3O2/c1-13-2-3-16(6-19-13)21-10-15-11-22-18-9-20(8-17(15)18)7-14-4-5-23-12-14;2*3-2(4,5)1(6)7/h2-6,12,15,17-18H,7-11H2,1H3;2*(H,6,7)/t15-,17-,18-;;/m1../s1. The lowest BCUT2D eigenvalue weighted by Gasteiger charge is -2.19. The van der Waals surface area contributed by atoms with Crippen molar-refractivity contribution in [2.75, 3.05) is 26.3 Å². The first-order chi connectivity index (χ1) is 17.2. The van der Waals surface area contributed by atoms with Crippen molar-refractivity contribution in [3.8, 4) is 5.75 Å². The van der Waals surface area contributed by atoms with Gasteiger partial charge in [0.2, 0.25) is 0 Å². The number of nitrogens with zero attached hydrogens (tertiary/aromatic N) is 2. The first-order valence-corrected chi connectivity index (χ1v) is 11.6. The van der Waals surface area contributed by atoms with Gasteiger partial charge in [-0.1, -0.05) is 0 Å². The molecule has 2 fully saturated rings. The van der Waals surface area contributed by atoms with Crippen LogP contribution in [0.2, 0.25) is 0 Å². The number of ether oxygens (including phenoxy) is 2. The third-order valence-corrected chi connectivity index (χ3v) is 6.07. The zero-order valence-corrected chi connectivity index (χ0v) is 20.1. The smallest absolute Gasteiger partial charge is 0.490 e. The zero-order valence-electron chi connectivity index (χ0n) is 19.3. The Morgan fingerprint density at radius 2 is 1.73 bits per heavy atom. The fraction of sp³-hybridized carbons (Fsp3) is 0.500. The van der Waals surface area contributed by atoms with E-state index < -0.39 is 24.3 Å². The molecule has 0 aromatic carbocycles. The van der Waals surface area contributed by atoms with E-state index in [1.54, 1.807) is 17.5 Å². The number of alkyl halides is 6. The van der Waals surface area contributed by atoms with Crippen molar-refractivity contribution in [3.63, 3.8) is 0 Å². The summed E-state index contributed by atoms with van der Waals surface area (Å²) in [6, 6.07) is 6.19. The molecule has 0 spiro atoms. The van der Waals surface area contributed by atoms with E-state index in [1.165, 1.54) is 5.56 Å². The molecule has 0 unspecified atom stereocenters. The molecule has 0 aliphatic carbocycles. The zero-order chi connectivity index (χ0) is 27.8. The van der Waals surface area contributed by atoms with Crippen LogP contribution in [0.5, 0.6) is 5.75 Å². The van der Waals surface area contributed by atoms with Crippen LogP contribution in [0.15, 0.2) is 35.2 Å². The second-order valence-corrected chi connectivity index (χ2v) is 8.95. The second kappa shape index (κ2) is 13.1. The van der Waals surface area contributed by atoms with Crippen molar-refractivity contribution in [2.45, 2.75) is 31.9 Å². The average molecular weight is 558 g/mol. The number of hydrogen-bond donors (Lipinski definition) is 2. The lowest BCUT2D eigenvalue weighted by Crippen LogP contribution is -2.26. The third kappa shape index (κ3) is 10.2. The van der Waals surface area contributed by atoms with Gasteiger partial charge in [-0.3, -0.25) is 9.88 Å². The Morgan fingerprint density at radius 3 is 2.22 bits per heavy atom. The van der Waals surface area contributed by atoms with Crippen LogP contribution in [0.3, 0.4) is 0 Å². The maximum atomic E-state index is 10.6. The van der Waals surface area contributed by atoms with Crippen LogP contribution in [0.4, 0.5) is 26.3 Å². The van der Waals surface area contributed by atoms with E-state index in [2.05, 4.69) is 26.7 Å². The van der Waals surface area contributed by atoms with Gasteiger partial charge >= 0.3 is 24.3 Å². The molecule has 2 aromatic rings. The molecule has 2 saturated heterocycles. The van der Waals surface area contributed by atoms with Gasteiger partial charge in [0.25, 0.3) is 0 Å². The molecule has 2 aliphatic heterocycles. The first-order valence-electron chi connectivity index (χ1n) is 10.7. The Hall–Kier alpha value is -2.91. The summed E-state index contributed by atoms with van der Waals surface area (Å²) in [5.74, 6) is -3.59. The summed E-state index contributed by atoms with van der Waals surface area (Å²) in [5.41, 5.74) is 2.43. The van der Waals surface area contributed by atoms with Crippen LogP contribution in [0, 0.1) is 18.8 Å². The first kappa shape index (κ1) is 30.3. The van der Waals surface area contributed by atoms with Gasteiger partial charge in [-0.05, 0) is 41.4 Å². The molecule has 0 bridgehead atoms. The summed E-state index contributed by atoms with van der Waals surface area (Å²) in [6.07, 6.45) is -7.99. The van der Waals surface area contributed by atoms with Gasteiger partial charge in [0.15, 0.2) is 0 Å². The van der Waals surface area contributed by atoms with Crippen LogP contribution < -0.4 is 4.74 Å². The van der Waals surface area contributed by atoms with Crippen molar-refractivity contribution in [2.24, 2.45) is 11.8 Å². The number of rotatable bonds is 5. The number of aromatic nitrogens is 1. The summed E-state index contributed by atoms with van der Waals surface area (Å²) >= 11 is 1.77. The van der Waals surface area contributed by atoms with Crippen molar-refractivity contribution < 1.29 is 55.6 Å². The van der Waals surface area contributed by atoms with Crippen LogP contribution in [-0.4, -0.2) is 76.8 Å². The molecular formula is C22H24F6N2O6S. The molecule has 2 aromatic heterocycles. The molecule has 0 radical (unpaired) electrons. The Morgan fingerprint density at radius 1 is 1.11 bits per heavy atom. The molecular weight excluding hydrogens is 534 g/mol. The highest BCUT2D eigenvalue weighted by Gasteiger charge is 2.44. The summed E-state index contributed by atoms with van der Waals surface area (Å²) in [6.45, 7) is 6.72. The van der Waals surface area contributed by atoms with Gasteiger partial charge in [-0.15, -0.1) is 0 Å². The summed E-state index contributed by atoms with van der Waals surface area (Å²) in [4.78, 5) is 24.6. The molecule has 15 heteroatoms. The number of hydrogen-bond acceptors (Lipinski definition) is 7. The highest BCUT2D eigenvalue weighted by Crippen LogP contribution is 2.34. The van der Waals surface area contributed by atoms with E-state index in [9.17, 15) is 26.3 Å². The maximum absolute atomic E-state index is 10.6. The van der Waals surface area contributed by atoms with Crippen LogP contribution in [-0.2, 0) is 20.9 Å². The fourth-order valence-electron chi connectivity index (χ4n) is 3.56. The highest BCUT2D eigenvalue weighted by atomic mass is 32.1. The average Bonchev–Trinajstić information content (AvgIpc) is 3.52. The molecule has 0 amide bonds. The summed E-state index contributed by atoms with van der Waals surface area (Å²) in [7, 11) is 0. The molecule has 2 N–H and O–H groups in total. The van der Waals surface area contributed by atoms with E-state index in [4.69, 9.17) is 29.3 Å². The molecule has 8 nitrogen and oxygen atoms in total. The van der Waals surface area contributed by atoms with Crippen LogP contribution >= 0.6 is 11.3 Å². The van der Waals surface area contributed by atoms with Crippen molar-refractivity contribution >= 4 is 23.3 Å². The fourth-order valence-corrected chi connectivity index (χ4v) is 4.22. The Labute approximate surface area is 211 Å². The van der Waals surface area contributed by atoms with E-state index in [0.29, 0.717) is 17.9 Å². The van der Waals surface area contributed by atoms with E-state index in [1.807, 2.05) is 19.1 Å². The van der Waals surface area contributed by atoms with Gasteiger partial charge in [0, 0.05) is 37.2 Å². The van der Waals surface area contributed by atoms with Gasteiger partial charge in [-0.2, -0.15) is 37.7 Å². The molecule has 37 heavy (non-hydrogen) atoms. The van der Waals surface area contributed by atoms with Crippen molar-refractivity contribution in [1.82, 2.24) is 9.88 Å². The quantitative estimate of drug-likeness (QED) is 0.525. The number of carbonyl (C=O) groups is 2. The van der Waals surface area contributed by atoms with E-state index in [-0.39, 0.29) is 0 Å². The van der Waals surface area contributed by atoms with Crippen LogP contribution in [0.25, 0.3) is 0 Å². The third-order valence-electron chi connectivity index (χ3n) is 5.33. The summed E-state index contributed by atoms with van der Waals surface area (Å²) < 4.78 is 75.4. The van der Waals surface area contributed by atoms with Crippen LogP contribution in [0.1, 0.15) is 11.3 Å². The lowest BCUT2D eigenvalue weighted by molar-refractivity contribution is -0.193. The summed E-state index contributed by atoms with van der Waals surface area (Å²) in [5, 5.41) is 18.6. The Kier molecular flexibility index (Phi) is 10.7. The molecule has 4 heterocycles. The molecule has 4 rings (SSSR count). The highest BCUT2D eigenvalue weighted by molar-refractivity contribution is 7.07. The molecule has 2 aliphatic rings. The molecule has 206 valence electrons. The topological polar surface area (TPSA) is 109 Å². The normalized spacial score (nSPS) is 21.2. The van der Waals surface area contributed by atoms with Gasteiger partial charge in [-0.25, -0.2) is 9.59 Å². The monoisotopic (exact) mass is 558 g/mol. The Balaban J connectivity index is 0.000000286. The number of pyridine rings is 1. The number of fused-ring (bicyclic) bond motifs is 1. The minimum Gasteiger partial charge on any atom is -0.492 e. The van der Waals surface area contributed by atoms with E-state index in [0.717, 1.165) is 44.3 Å². The number of aryl methyl sites for hydroxylation is 1. The Bertz CT molecular complexity index is 977. The number of carboxylic acid groups (broad SMARTS) is 2. The van der Waals surface area contributed by atoms with Crippen molar-refractivity contribution in [3.05, 3.63) is 46.4 Å². The predicted molar refractivity (Wildman–Crippen MR) is 118 cm³/mol. The SMILES string of the molecule is Cc1ccc(OC[C@@H]2CO[C@@H]3CN(Cc4ccsc4)C[C@H]23)cn1.O=C(O)C(F)(F)F.O=C(O)C(F)(F)F. The van der Waals surface area contributed by atoms with Gasteiger partial charge < -0.3 is 19.7 Å². The van der Waals surface area contributed by atoms with Gasteiger partial charge in [0.05, 0.1) is 25.5 Å². The largest absolute Gasteiger partial charge is 0.492 e.